The lowest BCUT2D eigenvalue weighted by Crippen LogP contribution is -2.20. The van der Waals surface area contributed by atoms with Crippen molar-refractivity contribution in [1.29, 1.82) is 0 Å². The molecule has 18 heavy (non-hydrogen) atoms. The lowest BCUT2D eigenvalue weighted by Gasteiger charge is -2.18. The van der Waals surface area contributed by atoms with Gasteiger partial charge in [-0.05, 0) is 38.4 Å². The number of hydrogen-bond donors (Lipinski definition) is 1. The van der Waals surface area contributed by atoms with Crippen LogP contribution >= 0.6 is 0 Å². The molecular weight excluding hydrogens is 236 g/mol. The van der Waals surface area contributed by atoms with Crippen LogP contribution in [0.1, 0.15) is 37.4 Å². The standard InChI is InChI=1S/C14H21F2NO/c1-4-7-17-11(3)12-6-5-10(2)8-13(12)18-9-14(15)16/h5-6,8,11,14,17H,4,7,9H2,1-3H3. The average Bonchev–Trinajstić information content (AvgIpc) is 2.33. The van der Waals surface area contributed by atoms with E-state index in [1.54, 1.807) is 0 Å². The lowest BCUT2D eigenvalue weighted by atomic mass is 10.0. The van der Waals surface area contributed by atoms with Crippen molar-refractivity contribution < 1.29 is 13.5 Å². The second-order valence-corrected chi connectivity index (χ2v) is 4.42. The highest BCUT2D eigenvalue weighted by atomic mass is 19.3. The van der Waals surface area contributed by atoms with Crippen LogP contribution in [-0.4, -0.2) is 19.6 Å². The third-order valence-electron chi connectivity index (χ3n) is 2.70. The molecule has 0 aliphatic heterocycles. The Morgan fingerprint density at radius 3 is 2.67 bits per heavy atom. The van der Waals surface area contributed by atoms with Gasteiger partial charge in [0.05, 0.1) is 0 Å². The number of benzene rings is 1. The van der Waals surface area contributed by atoms with Crippen molar-refractivity contribution in [2.45, 2.75) is 39.7 Å². The van der Waals surface area contributed by atoms with E-state index >= 15 is 0 Å². The molecule has 0 bridgehead atoms. The first kappa shape index (κ1) is 14.9. The van der Waals surface area contributed by atoms with Gasteiger partial charge >= 0.3 is 0 Å². The average molecular weight is 257 g/mol. The van der Waals surface area contributed by atoms with Crippen molar-refractivity contribution in [2.75, 3.05) is 13.2 Å². The smallest absolute Gasteiger partial charge is 0.272 e. The molecule has 0 aliphatic rings. The van der Waals surface area contributed by atoms with Gasteiger partial charge in [0.25, 0.3) is 6.43 Å². The summed E-state index contributed by atoms with van der Waals surface area (Å²) in [5, 5.41) is 3.33. The van der Waals surface area contributed by atoms with Crippen molar-refractivity contribution in [3.8, 4) is 5.75 Å². The molecule has 0 heterocycles. The van der Waals surface area contributed by atoms with Crippen LogP contribution in [0.2, 0.25) is 0 Å². The van der Waals surface area contributed by atoms with Crippen LogP contribution < -0.4 is 10.1 Å². The fraction of sp³-hybridized carbons (Fsp3) is 0.571. The number of nitrogens with one attached hydrogen (secondary N) is 1. The summed E-state index contributed by atoms with van der Waals surface area (Å²) in [6.07, 6.45) is -1.42. The van der Waals surface area contributed by atoms with Crippen molar-refractivity contribution in [2.24, 2.45) is 0 Å². The van der Waals surface area contributed by atoms with Gasteiger partial charge < -0.3 is 10.1 Å². The summed E-state index contributed by atoms with van der Waals surface area (Å²) >= 11 is 0. The molecule has 102 valence electrons. The Labute approximate surface area is 107 Å². The zero-order valence-electron chi connectivity index (χ0n) is 11.2. The highest BCUT2D eigenvalue weighted by Gasteiger charge is 2.13. The minimum atomic E-state index is -2.45. The molecular formula is C14H21F2NO. The molecule has 0 saturated heterocycles. The van der Waals surface area contributed by atoms with Crippen LogP contribution in [0, 0.1) is 6.92 Å². The van der Waals surface area contributed by atoms with Gasteiger partial charge in [0.15, 0.2) is 0 Å². The van der Waals surface area contributed by atoms with Crippen molar-refractivity contribution in [3.63, 3.8) is 0 Å². The molecule has 1 aromatic carbocycles. The first-order valence-corrected chi connectivity index (χ1v) is 6.29. The fourth-order valence-electron chi connectivity index (χ4n) is 1.75. The molecule has 2 nitrogen and oxygen atoms in total. The highest BCUT2D eigenvalue weighted by molar-refractivity contribution is 5.39. The monoisotopic (exact) mass is 257 g/mol. The molecule has 0 saturated carbocycles. The van der Waals surface area contributed by atoms with Gasteiger partial charge in [-0.1, -0.05) is 19.1 Å². The summed E-state index contributed by atoms with van der Waals surface area (Å²) in [5.74, 6) is 0.548. The van der Waals surface area contributed by atoms with Gasteiger partial charge in [0.1, 0.15) is 12.4 Å². The van der Waals surface area contributed by atoms with Gasteiger partial charge in [-0.2, -0.15) is 0 Å². The Hall–Kier alpha value is -1.16. The number of aryl methyl sites for hydroxylation is 1. The Morgan fingerprint density at radius 2 is 2.06 bits per heavy atom. The third-order valence-corrected chi connectivity index (χ3v) is 2.70. The van der Waals surface area contributed by atoms with Gasteiger partial charge in [0.2, 0.25) is 0 Å². The lowest BCUT2D eigenvalue weighted by molar-refractivity contribution is 0.0811. The van der Waals surface area contributed by atoms with E-state index in [1.165, 1.54) is 0 Å². The van der Waals surface area contributed by atoms with Crippen molar-refractivity contribution in [3.05, 3.63) is 29.3 Å². The van der Waals surface area contributed by atoms with Gasteiger partial charge in [0, 0.05) is 11.6 Å². The fourth-order valence-corrected chi connectivity index (χ4v) is 1.75. The van der Waals surface area contributed by atoms with Crippen LogP contribution in [-0.2, 0) is 0 Å². The molecule has 1 aromatic rings. The van der Waals surface area contributed by atoms with E-state index in [9.17, 15) is 8.78 Å². The molecule has 0 fully saturated rings. The van der Waals surface area contributed by atoms with E-state index in [2.05, 4.69) is 12.2 Å². The van der Waals surface area contributed by atoms with Crippen LogP contribution in [0.3, 0.4) is 0 Å². The number of hydrogen-bond acceptors (Lipinski definition) is 2. The van der Waals surface area contributed by atoms with Crippen LogP contribution in [0.4, 0.5) is 8.78 Å². The maximum atomic E-state index is 12.2. The topological polar surface area (TPSA) is 21.3 Å². The summed E-state index contributed by atoms with van der Waals surface area (Å²) in [7, 11) is 0. The predicted molar refractivity (Wildman–Crippen MR) is 69.4 cm³/mol. The molecule has 1 atom stereocenters. The molecule has 0 radical (unpaired) electrons. The Balaban J connectivity index is 2.81. The van der Waals surface area contributed by atoms with Crippen LogP contribution in [0.15, 0.2) is 18.2 Å². The number of alkyl halides is 2. The summed E-state index contributed by atoms with van der Waals surface area (Å²) in [4.78, 5) is 0. The maximum Gasteiger partial charge on any atom is 0.272 e. The van der Waals surface area contributed by atoms with Gasteiger partial charge in [-0.15, -0.1) is 0 Å². The Morgan fingerprint density at radius 1 is 1.33 bits per heavy atom. The SMILES string of the molecule is CCCNC(C)c1ccc(C)cc1OCC(F)F. The van der Waals surface area contributed by atoms with Crippen molar-refractivity contribution >= 4 is 0 Å². The van der Waals surface area contributed by atoms with Crippen molar-refractivity contribution in [1.82, 2.24) is 5.32 Å². The zero-order chi connectivity index (χ0) is 13.5. The number of ether oxygens (including phenoxy) is 1. The maximum absolute atomic E-state index is 12.2. The van der Waals surface area contributed by atoms with Gasteiger partial charge in [-0.3, -0.25) is 0 Å². The molecule has 0 aromatic heterocycles. The summed E-state index contributed by atoms with van der Waals surface area (Å²) in [6, 6.07) is 5.80. The van der Waals surface area contributed by atoms with Crippen LogP contribution in [0.25, 0.3) is 0 Å². The predicted octanol–water partition coefficient (Wildman–Crippen LogP) is 3.70. The quantitative estimate of drug-likeness (QED) is 0.804. The Kier molecular flexibility index (Phi) is 6.05. The summed E-state index contributed by atoms with van der Waals surface area (Å²) in [6.45, 7) is 6.35. The largest absolute Gasteiger partial charge is 0.487 e. The molecule has 1 N–H and O–H groups in total. The molecule has 0 spiro atoms. The van der Waals surface area contributed by atoms with E-state index in [-0.39, 0.29) is 6.04 Å². The molecule has 0 aliphatic carbocycles. The number of halogens is 2. The summed E-state index contributed by atoms with van der Waals surface area (Å²) in [5.41, 5.74) is 1.93. The zero-order valence-corrected chi connectivity index (χ0v) is 11.2. The van der Waals surface area contributed by atoms with E-state index < -0.39 is 13.0 Å². The minimum absolute atomic E-state index is 0.0956. The highest BCUT2D eigenvalue weighted by Crippen LogP contribution is 2.26. The molecule has 1 unspecified atom stereocenters. The minimum Gasteiger partial charge on any atom is -0.487 e. The first-order chi connectivity index (χ1) is 8.54. The molecule has 0 amide bonds. The van der Waals surface area contributed by atoms with Gasteiger partial charge in [-0.25, -0.2) is 8.78 Å². The van der Waals surface area contributed by atoms with E-state index in [0.717, 1.165) is 24.1 Å². The second-order valence-electron chi connectivity index (χ2n) is 4.42. The van der Waals surface area contributed by atoms with E-state index in [1.807, 2.05) is 32.0 Å². The molecule has 1 rings (SSSR count). The van der Waals surface area contributed by atoms with E-state index in [0.29, 0.717) is 5.75 Å². The molecule has 4 heteroatoms. The van der Waals surface area contributed by atoms with Crippen LogP contribution in [0.5, 0.6) is 5.75 Å². The van der Waals surface area contributed by atoms with E-state index in [4.69, 9.17) is 4.74 Å². The third kappa shape index (κ3) is 4.61. The second kappa shape index (κ2) is 7.31. The summed E-state index contributed by atoms with van der Waals surface area (Å²) < 4.78 is 29.6. The first-order valence-electron chi connectivity index (χ1n) is 6.29. The number of rotatable bonds is 7. The Bertz CT molecular complexity index is 369. The normalized spacial score (nSPS) is 12.8.